The van der Waals surface area contributed by atoms with E-state index in [0.29, 0.717) is 0 Å². The lowest BCUT2D eigenvalue weighted by Crippen LogP contribution is -2.27. The number of hydrogen-bond donors (Lipinski definition) is 1. The fourth-order valence-electron chi connectivity index (χ4n) is 1.76. The average Bonchev–Trinajstić information content (AvgIpc) is 2.03. The van der Waals surface area contributed by atoms with Crippen LogP contribution >= 0.6 is 0 Å². The first-order valence-electron chi connectivity index (χ1n) is 4.30. The van der Waals surface area contributed by atoms with Crippen LogP contribution in [0.25, 0.3) is 0 Å². The third-order valence-electron chi connectivity index (χ3n) is 2.44. The van der Waals surface area contributed by atoms with Crippen molar-refractivity contribution >= 4 is 0 Å². The molecule has 0 bridgehead atoms. The molecule has 1 aromatic rings. The number of hydrogen-bond acceptors (Lipinski definition) is 2. The molecule has 1 aromatic carbocycles. The lowest BCUT2D eigenvalue weighted by molar-refractivity contribution is -0.268. The molecule has 0 saturated carbocycles. The van der Waals surface area contributed by atoms with Crippen LogP contribution in [0.4, 0.5) is 0 Å². The minimum atomic E-state index is 0.0999. The molecule has 1 aliphatic rings. The van der Waals surface area contributed by atoms with E-state index in [0.717, 1.165) is 24.8 Å². The van der Waals surface area contributed by atoms with Gasteiger partial charge in [-0.15, -0.1) is 5.75 Å². The van der Waals surface area contributed by atoms with Gasteiger partial charge in [0.05, 0.1) is 0 Å². The standard InChI is InChI=1S/C10H13NO/c11-9-3-1-7-2-4-10(12)6-8(7)5-9/h2,4,6,9,12H,1,3,5,11H2/p-1. The summed E-state index contributed by atoms with van der Waals surface area (Å²) in [5.74, 6) is 0.0999. The summed E-state index contributed by atoms with van der Waals surface area (Å²) in [5, 5.41) is 11.0. The molecule has 1 aliphatic carbocycles. The van der Waals surface area contributed by atoms with Crippen LogP contribution in [0.2, 0.25) is 0 Å². The van der Waals surface area contributed by atoms with Gasteiger partial charge in [0.1, 0.15) is 0 Å². The molecule has 0 saturated heterocycles. The monoisotopic (exact) mass is 162 g/mol. The van der Waals surface area contributed by atoms with Crippen LogP contribution in [0.3, 0.4) is 0 Å². The molecule has 2 N–H and O–H groups in total. The topological polar surface area (TPSA) is 49.1 Å². The number of nitrogens with two attached hydrogens (primary N) is 1. The highest BCUT2D eigenvalue weighted by Gasteiger charge is 2.13. The SMILES string of the molecule is NC1CCc2ccc([O-])cc2C1. The molecule has 0 fully saturated rings. The molecule has 0 radical (unpaired) electrons. The number of benzene rings is 1. The van der Waals surface area contributed by atoms with E-state index in [9.17, 15) is 5.11 Å². The average molecular weight is 162 g/mol. The summed E-state index contributed by atoms with van der Waals surface area (Å²) >= 11 is 0. The quantitative estimate of drug-likeness (QED) is 0.606. The summed E-state index contributed by atoms with van der Waals surface area (Å²) in [6.07, 6.45) is 2.94. The first-order valence-corrected chi connectivity index (χ1v) is 4.30. The Labute approximate surface area is 72.0 Å². The molecular formula is C10H12NO-. The first-order chi connectivity index (χ1) is 5.75. The second-order valence-electron chi connectivity index (χ2n) is 3.43. The Balaban J connectivity index is 2.37. The van der Waals surface area contributed by atoms with E-state index in [1.54, 1.807) is 12.1 Å². The van der Waals surface area contributed by atoms with Gasteiger partial charge in [-0.2, -0.15) is 0 Å². The number of rotatable bonds is 0. The van der Waals surface area contributed by atoms with Crippen molar-refractivity contribution in [2.75, 3.05) is 0 Å². The Bertz CT molecular complexity index is 296. The van der Waals surface area contributed by atoms with Crippen molar-refractivity contribution in [2.24, 2.45) is 5.73 Å². The minimum absolute atomic E-state index is 0.0999. The molecule has 1 unspecified atom stereocenters. The van der Waals surface area contributed by atoms with Crippen molar-refractivity contribution in [2.45, 2.75) is 25.3 Å². The van der Waals surface area contributed by atoms with Crippen LogP contribution < -0.4 is 10.8 Å². The molecule has 2 rings (SSSR count). The molecule has 0 aliphatic heterocycles. The summed E-state index contributed by atoms with van der Waals surface area (Å²) in [6, 6.07) is 5.53. The lowest BCUT2D eigenvalue weighted by atomic mass is 9.89. The van der Waals surface area contributed by atoms with Crippen molar-refractivity contribution in [3.05, 3.63) is 29.3 Å². The molecular weight excluding hydrogens is 150 g/mol. The molecule has 2 heteroatoms. The lowest BCUT2D eigenvalue weighted by Gasteiger charge is -2.22. The van der Waals surface area contributed by atoms with E-state index in [-0.39, 0.29) is 11.8 Å². The Hall–Kier alpha value is -1.02. The van der Waals surface area contributed by atoms with E-state index in [1.165, 1.54) is 5.56 Å². The third kappa shape index (κ3) is 1.30. The van der Waals surface area contributed by atoms with Gasteiger partial charge in [0, 0.05) is 6.04 Å². The molecule has 0 amide bonds. The van der Waals surface area contributed by atoms with Crippen LogP contribution in [-0.4, -0.2) is 6.04 Å². The molecule has 0 aromatic heterocycles. The fraction of sp³-hybridized carbons (Fsp3) is 0.400. The summed E-state index contributed by atoms with van der Waals surface area (Å²) in [5.41, 5.74) is 8.25. The highest BCUT2D eigenvalue weighted by molar-refractivity contribution is 5.36. The maximum absolute atomic E-state index is 11.0. The van der Waals surface area contributed by atoms with E-state index in [2.05, 4.69) is 0 Å². The number of fused-ring (bicyclic) bond motifs is 1. The highest BCUT2D eigenvalue weighted by atomic mass is 16.3. The van der Waals surface area contributed by atoms with Crippen LogP contribution in [-0.2, 0) is 12.8 Å². The molecule has 1 atom stereocenters. The Kier molecular flexibility index (Phi) is 1.77. The van der Waals surface area contributed by atoms with Crippen LogP contribution in [0.15, 0.2) is 18.2 Å². The maximum Gasteiger partial charge on any atom is 0.00825 e. The van der Waals surface area contributed by atoms with E-state index < -0.39 is 0 Å². The van der Waals surface area contributed by atoms with Crippen molar-refractivity contribution < 1.29 is 5.11 Å². The van der Waals surface area contributed by atoms with Gasteiger partial charge in [0.2, 0.25) is 0 Å². The molecule has 0 spiro atoms. The largest absolute Gasteiger partial charge is 0.872 e. The molecule has 2 nitrogen and oxygen atoms in total. The smallest absolute Gasteiger partial charge is 0.00825 e. The van der Waals surface area contributed by atoms with Crippen LogP contribution in [0.1, 0.15) is 17.5 Å². The van der Waals surface area contributed by atoms with Gasteiger partial charge in [-0.3, -0.25) is 0 Å². The molecule has 64 valence electrons. The minimum Gasteiger partial charge on any atom is -0.872 e. The van der Waals surface area contributed by atoms with Gasteiger partial charge < -0.3 is 10.8 Å². The number of aryl methyl sites for hydroxylation is 1. The van der Waals surface area contributed by atoms with Crippen LogP contribution in [0, 0.1) is 0 Å². The Morgan fingerprint density at radius 1 is 1.33 bits per heavy atom. The predicted octanol–water partition coefficient (Wildman–Crippen LogP) is 0.576. The van der Waals surface area contributed by atoms with Crippen LogP contribution in [0.5, 0.6) is 5.75 Å². The third-order valence-corrected chi connectivity index (χ3v) is 2.44. The fourth-order valence-corrected chi connectivity index (χ4v) is 1.76. The maximum atomic E-state index is 11.0. The van der Waals surface area contributed by atoms with E-state index in [1.807, 2.05) is 6.07 Å². The summed E-state index contributed by atoms with van der Waals surface area (Å²) in [6.45, 7) is 0. The second-order valence-corrected chi connectivity index (χ2v) is 3.43. The molecule has 0 heterocycles. The Morgan fingerprint density at radius 2 is 2.17 bits per heavy atom. The normalized spacial score (nSPS) is 21.9. The van der Waals surface area contributed by atoms with Crippen molar-refractivity contribution in [1.29, 1.82) is 0 Å². The van der Waals surface area contributed by atoms with Gasteiger partial charge in [0.25, 0.3) is 0 Å². The van der Waals surface area contributed by atoms with Gasteiger partial charge in [0.15, 0.2) is 0 Å². The summed E-state index contributed by atoms with van der Waals surface area (Å²) in [4.78, 5) is 0. The molecule has 12 heavy (non-hydrogen) atoms. The zero-order chi connectivity index (χ0) is 8.55. The van der Waals surface area contributed by atoms with Gasteiger partial charge in [-0.1, -0.05) is 18.2 Å². The zero-order valence-electron chi connectivity index (χ0n) is 6.92. The summed E-state index contributed by atoms with van der Waals surface area (Å²) in [7, 11) is 0. The second kappa shape index (κ2) is 2.79. The Morgan fingerprint density at radius 3 is 3.00 bits per heavy atom. The summed E-state index contributed by atoms with van der Waals surface area (Å²) < 4.78 is 0. The zero-order valence-corrected chi connectivity index (χ0v) is 6.92. The predicted molar refractivity (Wildman–Crippen MR) is 45.9 cm³/mol. The van der Waals surface area contributed by atoms with Gasteiger partial charge in [-0.05, 0) is 30.4 Å². The van der Waals surface area contributed by atoms with Crippen molar-refractivity contribution in [3.8, 4) is 5.75 Å². The van der Waals surface area contributed by atoms with E-state index in [4.69, 9.17) is 5.73 Å². The highest BCUT2D eigenvalue weighted by Crippen LogP contribution is 2.22. The van der Waals surface area contributed by atoms with E-state index >= 15 is 0 Å². The van der Waals surface area contributed by atoms with Gasteiger partial charge >= 0.3 is 0 Å². The van der Waals surface area contributed by atoms with Crippen molar-refractivity contribution in [1.82, 2.24) is 0 Å². The van der Waals surface area contributed by atoms with Crippen molar-refractivity contribution in [3.63, 3.8) is 0 Å². The first kappa shape index (κ1) is 7.62. The van der Waals surface area contributed by atoms with Gasteiger partial charge in [-0.25, -0.2) is 0 Å².